The van der Waals surface area contributed by atoms with Crippen LogP contribution >= 0.6 is 24.8 Å². The molecule has 0 atom stereocenters. The van der Waals surface area contributed by atoms with Gasteiger partial charge in [0.15, 0.2) is 0 Å². The van der Waals surface area contributed by atoms with E-state index in [0.29, 0.717) is 35.5 Å². The molecule has 4 rings (SSSR count). The number of benzene rings is 2. The number of fused-ring (bicyclic) bond motifs is 1. The van der Waals surface area contributed by atoms with Gasteiger partial charge in [-0.3, -0.25) is 19.5 Å². The van der Waals surface area contributed by atoms with Crippen LogP contribution in [0, 0.1) is 5.92 Å². The van der Waals surface area contributed by atoms with Crippen molar-refractivity contribution in [3.05, 3.63) is 66.4 Å². The molecule has 200 valence electrons. The van der Waals surface area contributed by atoms with Gasteiger partial charge in [0.05, 0.1) is 18.3 Å². The highest BCUT2D eigenvalue weighted by molar-refractivity contribution is 6.12. The normalized spacial score (nSPS) is 13.9. The molecule has 0 saturated carbocycles. The number of likely N-dealkylation sites (tertiary alicyclic amines) is 1. The summed E-state index contributed by atoms with van der Waals surface area (Å²) in [6.45, 7) is 7.13. The molecule has 9 heteroatoms. The van der Waals surface area contributed by atoms with Crippen LogP contribution in [-0.4, -0.2) is 61.0 Å². The van der Waals surface area contributed by atoms with Crippen LogP contribution in [0.2, 0.25) is 0 Å². The molecule has 2 amide bonds. The lowest BCUT2D eigenvalue weighted by atomic mass is 9.96. The zero-order valence-electron chi connectivity index (χ0n) is 21.6. The Morgan fingerprint density at radius 2 is 1.73 bits per heavy atom. The maximum Gasteiger partial charge on any atom is 0.258 e. The molecule has 1 saturated heterocycles. The molecule has 1 fully saturated rings. The second kappa shape index (κ2) is 14.2. The number of nitrogens with zero attached hydrogens (tertiary/aromatic N) is 3. The van der Waals surface area contributed by atoms with Crippen molar-refractivity contribution in [3.63, 3.8) is 0 Å². The van der Waals surface area contributed by atoms with Crippen molar-refractivity contribution < 1.29 is 14.3 Å². The Bertz CT molecular complexity index is 1160. The molecule has 0 spiro atoms. The van der Waals surface area contributed by atoms with Crippen LogP contribution in [0.1, 0.15) is 37.0 Å². The van der Waals surface area contributed by atoms with Gasteiger partial charge in [-0.2, -0.15) is 0 Å². The minimum Gasteiger partial charge on any atom is -0.497 e. The fourth-order valence-corrected chi connectivity index (χ4v) is 4.60. The molecule has 1 N–H and O–H groups in total. The quantitative estimate of drug-likeness (QED) is 0.431. The van der Waals surface area contributed by atoms with E-state index >= 15 is 0 Å². The molecule has 7 nitrogen and oxygen atoms in total. The van der Waals surface area contributed by atoms with Gasteiger partial charge in [0.25, 0.3) is 5.91 Å². The number of pyridine rings is 1. The van der Waals surface area contributed by atoms with Crippen LogP contribution in [0.4, 0.5) is 5.69 Å². The van der Waals surface area contributed by atoms with Crippen LogP contribution in [0.25, 0.3) is 10.9 Å². The summed E-state index contributed by atoms with van der Waals surface area (Å²) < 4.78 is 5.23. The number of halogens is 2. The summed E-state index contributed by atoms with van der Waals surface area (Å²) in [4.78, 5) is 35.1. The highest BCUT2D eigenvalue weighted by atomic mass is 35.5. The average Bonchev–Trinajstić information content (AvgIpc) is 2.90. The van der Waals surface area contributed by atoms with Gasteiger partial charge < -0.3 is 15.0 Å². The first-order valence-corrected chi connectivity index (χ1v) is 12.3. The van der Waals surface area contributed by atoms with Crippen LogP contribution < -0.4 is 15.0 Å². The van der Waals surface area contributed by atoms with E-state index in [1.165, 1.54) is 0 Å². The summed E-state index contributed by atoms with van der Waals surface area (Å²) >= 11 is 0. The third kappa shape index (κ3) is 7.57. The summed E-state index contributed by atoms with van der Waals surface area (Å²) in [6.07, 6.45) is 3.82. The van der Waals surface area contributed by atoms with Crippen LogP contribution in [-0.2, 0) is 4.79 Å². The lowest BCUT2D eigenvalue weighted by Crippen LogP contribution is -2.44. The number of ether oxygens (including phenoxy) is 1. The van der Waals surface area contributed by atoms with E-state index in [-0.39, 0.29) is 43.2 Å². The summed E-state index contributed by atoms with van der Waals surface area (Å²) in [5, 5.41) is 3.91. The topological polar surface area (TPSA) is 74.8 Å². The Balaban J connectivity index is 0.00000241. The molecule has 1 aliphatic rings. The van der Waals surface area contributed by atoms with Crippen LogP contribution in [0.3, 0.4) is 0 Å². The van der Waals surface area contributed by atoms with Gasteiger partial charge in [-0.05, 0) is 82.1 Å². The first-order chi connectivity index (χ1) is 17.0. The SMILES string of the molecule is COc1ccc(C(=O)N(CC(=O)NCC2CCN(C(C)C)CC2)c2ccnc3ccccc23)cc1.Cl.Cl. The van der Waals surface area contributed by atoms with Crippen molar-refractivity contribution in [2.45, 2.75) is 32.7 Å². The van der Waals surface area contributed by atoms with Crippen molar-refractivity contribution in [2.75, 3.05) is 38.2 Å². The Morgan fingerprint density at radius 1 is 1.05 bits per heavy atom. The summed E-state index contributed by atoms with van der Waals surface area (Å²) in [5.74, 6) is 0.716. The maximum atomic E-state index is 13.6. The predicted molar refractivity (Wildman–Crippen MR) is 153 cm³/mol. The molecule has 0 radical (unpaired) electrons. The van der Waals surface area contributed by atoms with Gasteiger partial charge in [-0.15, -0.1) is 24.8 Å². The summed E-state index contributed by atoms with van der Waals surface area (Å²) in [5.41, 5.74) is 1.92. The third-order valence-corrected chi connectivity index (χ3v) is 6.77. The number of hydrogen-bond acceptors (Lipinski definition) is 5. The van der Waals surface area contributed by atoms with Gasteiger partial charge in [0.1, 0.15) is 12.3 Å². The van der Waals surface area contributed by atoms with Gasteiger partial charge in [0, 0.05) is 29.7 Å². The van der Waals surface area contributed by atoms with Crippen molar-refractivity contribution in [1.82, 2.24) is 15.2 Å². The number of carbonyl (C=O) groups excluding carboxylic acids is 2. The van der Waals surface area contributed by atoms with Crippen molar-refractivity contribution >= 4 is 53.2 Å². The fraction of sp³-hybridized carbons (Fsp3) is 0.393. The van der Waals surface area contributed by atoms with E-state index in [1.807, 2.05) is 24.3 Å². The number of aromatic nitrogens is 1. The highest BCUT2D eigenvalue weighted by Gasteiger charge is 2.25. The van der Waals surface area contributed by atoms with Gasteiger partial charge in [0.2, 0.25) is 5.91 Å². The largest absolute Gasteiger partial charge is 0.497 e. The zero-order chi connectivity index (χ0) is 24.8. The average molecular weight is 548 g/mol. The molecule has 2 heterocycles. The second-order valence-corrected chi connectivity index (χ2v) is 9.34. The minimum absolute atomic E-state index is 0. The molecule has 0 unspecified atom stereocenters. The minimum atomic E-state index is -0.246. The zero-order valence-corrected chi connectivity index (χ0v) is 23.2. The Hall–Kier alpha value is -2.87. The Kier molecular flexibility index (Phi) is 11.6. The molecular formula is C28H36Cl2N4O3. The molecule has 0 bridgehead atoms. The van der Waals surface area contributed by atoms with E-state index < -0.39 is 0 Å². The van der Waals surface area contributed by atoms with Gasteiger partial charge in [-0.25, -0.2) is 0 Å². The number of methoxy groups -OCH3 is 1. The van der Waals surface area contributed by atoms with Crippen molar-refractivity contribution in [2.24, 2.45) is 5.92 Å². The fourth-order valence-electron chi connectivity index (χ4n) is 4.60. The van der Waals surface area contributed by atoms with Gasteiger partial charge in [-0.1, -0.05) is 18.2 Å². The number of piperidine rings is 1. The molecule has 1 aromatic heterocycles. The number of anilines is 1. The van der Waals surface area contributed by atoms with Crippen LogP contribution in [0.15, 0.2) is 60.8 Å². The predicted octanol–water partition coefficient (Wildman–Crippen LogP) is 4.97. The number of hydrogen-bond donors (Lipinski definition) is 1. The van der Waals surface area contributed by atoms with E-state index in [4.69, 9.17) is 4.74 Å². The van der Waals surface area contributed by atoms with E-state index in [0.717, 1.165) is 36.8 Å². The maximum absolute atomic E-state index is 13.6. The van der Waals surface area contributed by atoms with Crippen molar-refractivity contribution in [3.8, 4) is 5.75 Å². The molecule has 1 aliphatic heterocycles. The monoisotopic (exact) mass is 546 g/mol. The number of para-hydroxylation sites is 1. The van der Waals surface area contributed by atoms with Gasteiger partial charge >= 0.3 is 0 Å². The van der Waals surface area contributed by atoms with E-state index in [9.17, 15) is 9.59 Å². The molecule has 2 aromatic carbocycles. The number of amides is 2. The molecule has 37 heavy (non-hydrogen) atoms. The van der Waals surface area contributed by atoms with Crippen LogP contribution in [0.5, 0.6) is 5.75 Å². The Labute approximate surface area is 231 Å². The molecular weight excluding hydrogens is 511 g/mol. The third-order valence-electron chi connectivity index (χ3n) is 6.77. The lowest BCUT2D eigenvalue weighted by Gasteiger charge is -2.34. The smallest absolute Gasteiger partial charge is 0.258 e. The first-order valence-electron chi connectivity index (χ1n) is 12.3. The molecule has 3 aromatic rings. The number of carbonyl (C=O) groups is 2. The number of rotatable bonds is 8. The second-order valence-electron chi connectivity index (χ2n) is 9.34. The van der Waals surface area contributed by atoms with E-state index in [1.54, 1.807) is 48.5 Å². The first kappa shape index (κ1) is 30.4. The van der Waals surface area contributed by atoms with Crippen molar-refractivity contribution in [1.29, 1.82) is 0 Å². The standard InChI is InChI=1S/C28H34N4O3.2ClH/c1-20(2)31-16-13-21(14-17-31)18-30-27(33)19-32(28(34)22-8-10-23(35-3)11-9-22)26-12-15-29-25-7-5-4-6-24(25)26;;/h4-12,15,20-21H,13-14,16-19H2,1-3H3,(H,30,33);2*1H. The summed E-state index contributed by atoms with van der Waals surface area (Å²) in [6, 6.07) is 16.9. The highest BCUT2D eigenvalue weighted by Crippen LogP contribution is 2.27. The molecule has 0 aliphatic carbocycles. The van der Waals surface area contributed by atoms with E-state index in [2.05, 4.69) is 29.0 Å². The summed E-state index contributed by atoms with van der Waals surface area (Å²) in [7, 11) is 1.59. The Morgan fingerprint density at radius 3 is 2.38 bits per heavy atom. The lowest BCUT2D eigenvalue weighted by molar-refractivity contribution is -0.120. The number of nitrogens with one attached hydrogen (secondary N) is 1.